The van der Waals surface area contributed by atoms with Crippen LogP contribution in [0.5, 0.6) is 5.75 Å². The van der Waals surface area contributed by atoms with E-state index in [0.717, 1.165) is 0 Å². The van der Waals surface area contributed by atoms with Crippen LogP contribution in [0.15, 0.2) is 24.3 Å². The molecule has 0 saturated heterocycles. The number of nitrogens with two attached hydrogens (primary N) is 1. The first-order valence-corrected chi connectivity index (χ1v) is 6.51. The van der Waals surface area contributed by atoms with E-state index in [2.05, 4.69) is 10.1 Å². The summed E-state index contributed by atoms with van der Waals surface area (Å²) in [5, 5.41) is 2.64. The number of amides is 1. The molecule has 0 aromatic heterocycles. The average molecular weight is 304 g/mol. The highest BCUT2D eigenvalue weighted by atomic mass is 19.4. The number of alkyl halides is 3. The van der Waals surface area contributed by atoms with Crippen LogP contribution in [0, 0.1) is 5.92 Å². The van der Waals surface area contributed by atoms with Crippen LogP contribution >= 0.6 is 0 Å². The molecular weight excluding hydrogens is 285 g/mol. The molecule has 0 aliphatic rings. The van der Waals surface area contributed by atoms with E-state index in [9.17, 15) is 18.0 Å². The number of hydrogen-bond donors (Lipinski definition) is 2. The second-order valence-electron chi connectivity index (χ2n) is 5.04. The van der Waals surface area contributed by atoms with Gasteiger partial charge in [-0.2, -0.15) is 13.2 Å². The second-order valence-corrected chi connectivity index (χ2v) is 5.04. The maximum Gasteiger partial charge on any atom is 0.422 e. The van der Waals surface area contributed by atoms with Crippen molar-refractivity contribution in [3.05, 3.63) is 29.8 Å². The van der Waals surface area contributed by atoms with Gasteiger partial charge in [0.2, 0.25) is 5.91 Å². The molecule has 0 aliphatic carbocycles. The summed E-state index contributed by atoms with van der Waals surface area (Å²) in [7, 11) is 0. The molecule has 0 fully saturated rings. The summed E-state index contributed by atoms with van der Waals surface area (Å²) in [6, 6.07) is 5.51. The number of halogens is 3. The lowest BCUT2D eigenvalue weighted by atomic mass is 10.0. The summed E-state index contributed by atoms with van der Waals surface area (Å²) >= 11 is 0. The SMILES string of the molecule is CC(C)[C@H](N)C(=O)NCc1cccc(OCC(F)(F)F)c1. The lowest BCUT2D eigenvalue weighted by Crippen LogP contribution is -2.43. The Hall–Kier alpha value is -1.76. The molecule has 1 aromatic rings. The van der Waals surface area contributed by atoms with E-state index < -0.39 is 18.8 Å². The third-order valence-corrected chi connectivity index (χ3v) is 2.79. The van der Waals surface area contributed by atoms with Crippen molar-refractivity contribution in [3.8, 4) is 5.75 Å². The minimum Gasteiger partial charge on any atom is -0.484 e. The Kier molecular flexibility index (Phi) is 6.02. The van der Waals surface area contributed by atoms with Crippen molar-refractivity contribution in [3.63, 3.8) is 0 Å². The van der Waals surface area contributed by atoms with Gasteiger partial charge in [-0.3, -0.25) is 4.79 Å². The molecule has 118 valence electrons. The van der Waals surface area contributed by atoms with E-state index in [-0.39, 0.29) is 24.1 Å². The standard InChI is InChI=1S/C14H19F3N2O2/c1-9(2)12(18)13(20)19-7-10-4-3-5-11(6-10)21-8-14(15,16)17/h3-6,9,12H,7-8,18H2,1-2H3,(H,19,20)/t12-/m0/s1. The van der Waals surface area contributed by atoms with Crippen LogP contribution in [0.2, 0.25) is 0 Å². The Bertz CT molecular complexity index is 476. The maximum atomic E-state index is 12.1. The zero-order valence-corrected chi connectivity index (χ0v) is 11.9. The zero-order chi connectivity index (χ0) is 16.0. The summed E-state index contributed by atoms with van der Waals surface area (Å²) in [6.07, 6.45) is -4.38. The maximum absolute atomic E-state index is 12.1. The van der Waals surface area contributed by atoms with Crippen molar-refractivity contribution in [1.82, 2.24) is 5.32 Å². The molecular formula is C14H19F3N2O2. The van der Waals surface area contributed by atoms with Crippen LogP contribution in [0.3, 0.4) is 0 Å². The van der Waals surface area contributed by atoms with Gasteiger partial charge in [-0.15, -0.1) is 0 Å². The van der Waals surface area contributed by atoms with E-state index in [1.807, 2.05) is 13.8 Å². The average Bonchev–Trinajstić information content (AvgIpc) is 2.41. The second kappa shape index (κ2) is 7.31. The zero-order valence-electron chi connectivity index (χ0n) is 11.9. The highest BCUT2D eigenvalue weighted by Gasteiger charge is 2.28. The van der Waals surface area contributed by atoms with E-state index in [4.69, 9.17) is 5.73 Å². The van der Waals surface area contributed by atoms with Gasteiger partial charge >= 0.3 is 6.18 Å². The molecule has 0 aliphatic heterocycles. The molecule has 1 atom stereocenters. The molecule has 0 heterocycles. The molecule has 3 N–H and O–H groups in total. The van der Waals surface area contributed by atoms with Crippen molar-refractivity contribution in [2.24, 2.45) is 11.7 Å². The summed E-state index contributed by atoms with van der Waals surface area (Å²) in [5.41, 5.74) is 6.33. The minimum absolute atomic E-state index is 0.00598. The van der Waals surface area contributed by atoms with E-state index >= 15 is 0 Å². The Morgan fingerprint density at radius 1 is 1.38 bits per heavy atom. The smallest absolute Gasteiger partial charge is 0.422 e. The van der Waals surface area contributed by atoms with Crippen molar-refractivity contribution < 1.29 is 22.7 Å². The number of hydrogen-bond acceptors (Lipinski definition) is 3. The molecule has 0 radical (unpaired) electrons. The van der Waals surface area contributed by atoms with Gasteiger partial charge in [0.15, 0.2) is 6.61 Å². The van der Waals surface area contributed by atoms with E-state index in [0.29, 0.717) is 5.56 Å². The van der Waals surface area contributed by atoms with Gasteiger partial charge in [0, 0.05) is 6.54 Å². The lowest BCUT2D eigenvalue weighted by molar-refractivity contribution is -0.153. The summed E-state index contributed by atoms with van der Waals surface area (Å²) in [5.74, 6) is -0.190. The van der Waals surface area contributed by atoms with Crippen molar-refractivity contribution in [2.45, 2.75) is 32.6 Å². The Labute approximate surface area is 121 Å². The van der Waals surface area contributed by atoms with Crippen LogP contribution in [-0.2, 0) is 11.3 Å². The Balaban J connectivity index is 2.55. The van der Waals surface area contributed by atoms with Gasteiger partial charge in [-0.1, -0.05) is 26.0 Å². The molecule has 21 heavy (non-hydrogen) atoms. The Morgan fingerprint density at radius 2 is 2.05 bits per heavy atom. The fraction of sp³-hybridized carbons (Fsp3) is 0.500. The van der Waals surface area contributed by atoms with E-state index in [1.54, 1.807) is 12.1 Å². The highest BCUT2D eigenvalue weighted by molar-refractivity contribution is 5.81. The first-order chi connectivity index (χ1) is 9.69. The van der Waals surface area contributed by atoms with E-state index in [1.165, 1.54) is 12.1 Å². The van der Waals surface area contributed by atoms with Crippen LogP contribution in [0.4, 0.5) is 13.2 Å². The van der Waals surface area contributed by atoms with Crippen molar-refractivity contribution >= 4 is 5.91 Å². The first-order valence-electron chi connectivity index (χ1n) is 6.51. The van der Waals surface area contributed by atoms with Crippen molar-refractivity contribution in [1.29, 1.82) is 0 Å². The fourth-order valence-corrected chi connectivity index (χ4v) is 1.52. The molecule has 0 spiro atoms. The van der Waals surface area contributed by atoms with Crippen LogP contribution in [0.1, 0.15) is 19.4 Å². The summed E-state index contributed by atoms with van der Waals surface area (Å²) in [4.78, 5) is 11.7. The molecule has 4 nitrogen and oxygen atoms in total. The van der Waals surface area contributed by atoms with Crippen LogP contribution < -0.4 is 15.8 Å². The number of rotatable bonds is 6. The van der Waals surface area contributed by atoms with Gasteiger partial charge in [-0.05, 0) is 23.6 Å². The quantitative estimate of drug-likeness (QED) is 0.847. The third kappa shape index (κ3) is 6.48. The predicted molar refractivity (Wildman–Crippen MR) is 72.7 cm³/mol. The monoisotopic (exact) mass is 304 g/mol. The van der Waals surface area contributed by atoms with Crippen LogP contribution in [0.25, 0.3) is 0 Å². The van der Waals surface area contributed by atoms with Gasteiger partial charge < -0.3 is 15.8 Å². The minimum atomic E-state index is -4.38. The largest absolute Gasteiger partial charge is 0.484 e. The first kappa shape index (κ1) is 17.3. The number of ether oxygens (including phenoxy) is 1. The lowest BCUT2D eigenvalue weighted by Gasteiger charge is -2.15. The number of carbonyl (C=O) groups excluding carboxylic acids is 1. The molecule has 1 aromatic carbocycles. The van der Waals surface area contributed by atoms with Gasteiger partial charge in [0.25, 0.3) is 0 Å². The van der Waals surface area contributed by atoms with Gasteiger partial charge in [0.05, 0.1) is 6.04 Å². The molecule has 7 heteroatoms. The molecule has 0 bridgehead atoms. The summed E-state index contributed by atoms with van der Waals surface area (Å²) < 4.78 is 40.8. The number of carbonyl (C=O) groups is 1. The fourth-order valence-electron chi connectivity index (χ4n) is 1.52. The topological polar surface area (TPSA) is 64.4 Å². The van der Waals surface area contributed by atoms with Gasteiger partial charge in [-0.25, -0.2) is 0 Å². The number of nitrogens with one attached hydrogen (secondary N) is 1. The molecule has 1 amide bonds. The van der Waals surface area contributed by atoms with Crippen molar-refractivity contribution in [2.75, 3.05) is 6.61 Å². The predicted octanol–water partition coefficient (Wildman–Crippen LogP) is 2.23. The van der Waals surface area contributed by atoms with Crippen LogP contribution in [-0.4, -0.2) is 24.7 Å². The highest BCUT2D eigenvalue weighted by Crippen LogP contribution is 2.19. The molecule has 1 rings (SSSR count). The number of benzene rings is 1. The van der Waals surface area contributed by atoms with Gasteiger partial charge in [0.1, 0.15) is 5.75 Å². The summed E-state index contributed by atoms with van der Waals surface area (Å²) in [6.45, 7) is 2.50. The Morgan fingerprint density at radius 3 is 2.62 bits per heavy atom. The third-order valence-electron chi connectivity index (χ3n) is 2.79. The normalized spacial score (nSPS) is 13.1. The molecule has 0 saturated carbocycles. The molecule has 0 unspecified atom stereocenters.